The number of hydrogen-bond donors (Lipinski definition) is 1. The Morgan fingerprint density at radius 2 is 1.09 bits per heavy atom. The Bertz CT molecular complexity index is 1200. The number of benzene rings is 4. The molecular weight excluding hydrogens is 424 g/mol. The summed E-state index contributed by atoms with van der Waals surface area (Å²) >= 11 is 0. The molecule has 0 radical (unpaired) electrons. The zero-order valence-electron chi connectivity index (χ0n) is 20.7. The molecule has 0 aliphatic heterocycles. The predicted octanol–water partition coefficient (Wildman–Crippen LogP) is 8.23. The van der Waals surface area contributed by atoms with Crippen molar-refractivity contribution in [3.8, 4) is 0 Å². The van der Waals surface area contributed by atoms with E-state index in [4.69, 9.17) is 0 Å². The SMILES string of the molecule is Cc1ccc(C(O)(c2ccc(C)cc2)[C@H]2CCCCC2=C(c2ccccc2)c2ccccc2)cc1. The Morgan fingerprint density at radius 3 is 1.54 bits per heavy atom. The third kappa shape index (κ3) is 4.61. The zero-order chi connectivity index (χ0) is 24.3. The molecule has 0 saturated heterocycles. The molecule has 5 rings (SSSR count). The van der Waals surface area contributed by atoms with E-state index in [9.17, 15) is 5.11 Å². The minimum absolute atomic E-state index is 0.0166. The van der Waals surface area contributed by atoms with Crippen LogP contribution in [0.2, 0.25) is 0 Å². The summed E-state index contributed by atoms with van der Waals surface area (Å²) in [5.74, 6) is -0.0166. The van der Waals surface area contributed by atoms with Crippen molar-refractivity contribution in [1.29, 1.82) is 0 Å². The van der Waals surface area contributed by atoms with Crippen molar-refractivity contribution in [2.24, 2.45) is 5.92 Å². The highest BCUT2D eigenvalue weighted by atomic mass is 16.3. The molecule has 1 N–H and O–H groups in total. The van der Waals surface area contributed by atoms with Crippen molar-refractivity contribution < 1.29 is 5.11 Å². The van der Waals surface area contributed by atoms with Crippen LogP contribution >= 0.6 is 0 Å². The summed E-state index contributed by atoms with van der Waals surface area (Å²) in [5.41, 5.74) is 8.31. The topological polar surface area (TPSA) is 20.2 Å². The van der Waals surface area contributed by atoms with Gasteiger partial charge in [-0.2, -0.15) is 0 Å². The second-order valence-electron chi connectivity index (χ2n) is 9.93. The first kappa shape index (κ1) is 23.3. The number of aryl methyl sites for hydroxylation is 2. The summed E-state index contributed by atoms with van der Waals surface area (Å²) in [7, 11) is 0. The van der Waals surface area contributed by atoms with Crippen LogP contribution in [-0.4, -0.2) is 5.11 Å². The molecule has 1 fully saturated rings. The van der Waals surface area contributed by atoms with Crippen LogP contribution in [0.4, 0.5) is 0 Å². The van der Waals surface area contributed by atoms with Crippen molar-refractivity contribution in [3.63, 3.8) is 0 Å². The minimum Gasteiger partial charge on any atom is -0.380 e. The van der Waals surface area contributed by atoms with Crippen molar-refractivity contribution in [1.82, 2.24) is 0 Å². The highest BCUT2D eigenvalue weighted by Crippen LogP contribution is 2.49. The fourth-order valence-corrected chi connectivity index (χ4v) is 5.70. The molecule has 0 aromatic heterocycles. The zero-order valence-corrected chi connectivity index (χ0v) is 20.7. The van der Waals surface area contributed by atoms with Crippen molar-refractivity contribution in [3.05, 3.63) is 148 Å². The molecule has 0 spiro atoms. The van der Waals surface area contributed by atoms with Gasteiger partial charge in [-0.3, -0.25) is 0 Å². The molecule has 0 heterocycles. The lowest BCUT2D eigenvalue weighted by atomic mass is 9.65. The number of aliphatic hydroxyl groups is 1. The quantitative estimate of drug-likeness (QED) is 0.319. The van der Waals surface area contributed by atoms with Crippen LogP contribution in [0, 0.1) is 19.8 Å². The monoisotopic (exact) mass is 458 g/mol. The van der Waals surface area contributed by atoms with Crippen LogP contribution in [0.1, 0.15) is 59.1 Å². The normalized spacial score (nSPS) is 16.2. The van der Waals surface area contributed by atoms with Gasteiger partial charge in [0.25, 0.3) is 0 Å². The maximum absolute atomic E-state index is 12.8. The molecule has 1 saturated carbocycles. The van der Waals surface area contributed by atoms with Crippen molar-refractivity contribution in [2.75, 3.05) is 0 Å². The second kappa shape index (κ2) is 10.1. The number of rotatable bonds is 5. The van der Waals surface area contributed by atoms with Crippen LogP contribution in [0.3, 0.4) is 0 Å². The van der Waals surface area contributed by atoms with E-state index in [1.807, 2.05) is 0 Å². The Hall–Kier alpha value is -3.42. The Balaban J connectivity index is 1.78. The van der Waals surface area contributed by atoms with Crippen LogP contribution < -0.4 is 0 Å². The van der Waals surface area contributed by atoms with Gasteiger partial charge in [-0.15, -0.1) is 0 Å². The first-order valence-corrected chi connectivity index (χ1v) is 12.8. The lowest BCUT2D eigenvalue weighted by Gasteiger charge is -2.42. The summed E-state index contributed by atoms with van der Waals surface area (Å²) in [6.45, 7) is 4.20. The predicted molar refractivity (Wildman–Crippen MR) is 146 cm³/mol. The lowest BCUT2D eigenvalue weighted by Crippen LogP contribution is -2.39. The number of hydrogen-bond acceptors (Lipinski definition) is 1. The summed E-state index contributed by atoms with van der Waals surface area (Å²) in [4.78, 5) is 0. The first-order valence-electron chi connectivity index (χ1n) is 12.8. The highest BCUT2D eigenvalue weighted by Gasteiger charge is 2.43. The minimum atomic E-state index is -1.11. The van der Waals surface area contributed by atoms with E-state index in [-0.39, 0.29) is 5.92 Å². The molecule has 1 heteroatoms. The third-order valence-corrected chi connectivity index (χ3v) is 7.54. The molecule has 1 aliphatic rings. The van der Waals surface area contributed by atoms with Gasteiger partial charge in [-0.25, -0.2) is 0 Å². The van der Waals surface area contributed by atoms with Gasteiger partial charge in [0.2, 0.25) is 0 Å². The van der Waals surface area contributed by atoms with Crippen molar-refractivity contribution in [2.45, 2.75) is 45.1 Å². The standard InChI is InChI=1S/C34H34O/c1-25-17-21-29(22-18-25)34(35,30-23-19-26(2)20-24-30)32-16-10-9-15-31(32)33(27-11-5-3-6-12-27)28-13-7-4-8-14-28/h3-8,11-14,17-24,32,35H,9-10,15-16H2,1-2H3/t32-/m0/s1. The average Bonchev–Trinajstić information content (AvgIpc) is 2.91. The molecule has 0 bridgehead atoms. The summed E-state index contributed by atoms with van der Waals surface area (Å²) in [6, 6.07) is 38.4. The molecule has 176 valence electrons. The van der Waals surface area contributed by atoms with Gasteiger partial charge in [0, 0.05) is 5.92 Å². The summed E-state index contributed by atoms with van der Waals surface area (Å²) in [5, 5.41) is 12.8. The molecule has 0 amide bonds. The van der Waals surface area contributed by atoms with E-state index in [0.29, 0.717) is 0 Å². The van der Waals surface area contributed by atoms with Crippen LogP contribution in [0.25, 0.3) is 5.57 Å². The molecular formula is C34H34O. The van der Waals surface area contributed by atoms with Crippen LogP contribution in [0.15, 0.2) is 115 Å². The molecule has 1 nitrogen and oxygen atoms in total. The molecule has 4 aromatic rings. The smallest absolute Gasteiger partial charge is 0.121 e. The fraction of sp³-hybridized carbons (Fsp3) is 0.235. The van der Waals surface area contributed by atoms with Gasteiger partial charge in [0.15, 0.2) is 0 Å². The Kier molecular flexibility index (Phi) is 6.70. The Labute approximate surface area is 209 Å². The molecule has 0 unspecified atom stereocenters. The average molecular weight is 459 g/mol. The Morgan fingerprint density at radius 1 is 0.629 bits per heavy atom. The maximum Gasteiger partial charge on any atom is 0.121 e. The van der Waals surface area contributed by atoms with Crippen LogP contribution in [-0.2, 0) is 5.60 Å². The van der Waals surface area contributed by atoms with E-state index in [2.05, 4.69) is 123 Å². The van der Waals surface area contributed by atoms with E-state index in [0.717, 1.165) is 36.8 Å². The van der Waals surface area contributed by atoms with E-state index < -0.39 is 5.60 Å². The summed E-state index contributed by atoms with van der Waals surface area (Å²) < 4.78 is 0. The van der Waals surface area contributed by atoms with Gasteiger partial charge in [0.05, 0.1) is 0 Å². The maximum atomic E-state index is 12.8. The van der Waals surface area contributed by atoms with Gasteiger partial charge in [-0.1, -0.05) is 132 Å². The van der Waals surface area contributed by atoms with E-state index in [1.165, 1.54) is 33.4 Å². The van der Waals surface area contributed by atoms with Gasteiger partial charge in [0.1, 0.15) is 5.60 Å². The van der Waals surface area contributed by atoms with Gasteiger partial charge < -0.3 is 5.11 Å². The van der Waals surface area contributed by atoms with Gasteiger partial charge >= 0.3 is 0 Å². The second-order valence-corrected chi connectivity index (χ2v) is 9.93. The lowest BCUT2D eigenvalue weighted by molar-refractivity contribution is 0.0215. The largest absolute Gasteiger partial charge is 0.380 e. The molecule has 1 aliphatic carbocycles. The third-order valence-electron chi connectivity index (χ3n) is 7.54. The van der Waals surface area contributed by atoms with Crippen LogP contribution in [0.5, 0.6) is 0 Å². The molecule has 1 atom stereocenters. The first-order chi connectivity index (χ1) is 17.1. The molecule has 35 heavy (non-hydrogen) atoms. The fourth-order valence-electron chi connectivity index (χ4n) is 5.70. The van der Waals surface area contributed by atoms with Gasteiger partial charge in [-0.05, 0) is 60.9 Å². The van der Waals surface area contributed by atoms with Crippen molar-refractivity contribution >= 4 is 5.57 Å². The van der Waals surface area contributed by atoms with E-state index >= 15 is 0 Å². The van der Waals surface area contributed by atoms with E-state index in [1.54, 1.807) is 0 Å². The highest BCUT2D eigenvalue weighted by molar-refractivity contribution is 5.82. The summed E-state index contributed by atoms with van der Waals surface area (Å²) in [6.07, 6.45) is 4.21. The molecule has 4 aromatic carbocycles.